The van der Waals surface area contributed by atoms with Crippen molar-refractivity contribution in [2.45, 2.75) is 26.2 Å². The van der Waals surface area contributed by atoms with E-state index in [-0.39, 0.29) is 11.4 Å². The average Bonchev–Trinajstić information content (AvgIpc) is 2.63. The summed E-state index contributed by atoms with van der Waals surface area (Å²) in [5, 5.41) is 7.10. The van der Waals surface area contributed by atoms with Gasteiger partial charge in [-0.25, -0.2) is 4.79 Å². The minimum atomic E-state index is -0.0908. The molecule has 0 aliphatic carbocycles. The second kappa shape index (κ2) is 4.15. The van der Waals surface area contributed by atoms with Gasteiger partial charge < -0.3 is 4.90 Å². The largest absolute Gasteiger partial charge is 0.330 e. The Bertz CT molecular complexity index is 376. The molecule has 0 aliphatic rings. The van der Waals surface area contributed by atoms with Crippen LogP contribution in [0.2, 0.25) is 0 Å². The zero-order valence-electron chi connectivity index (χ0n) is 10.8. The fourth-order valence-electron chi connectivity index (χ4n) is 1.27. The Morgan fingerprint density at radius 2 is 1.88 bits per heavy atom. The van der Waals surface area contributed by atoms with Gasteiger partial charge in [-0.3, -0.25) is 10.00 Å². The molecule has 0 spiro atoms. The lowest BCUT2D eigenvalue weighted by atomic mass is 9.92. The van der Waals surface area contributed by atoms with Crippen molar-refractivity contribution >= 4 is 11.8 Å². The van der Waals surface area contributed by atoms with Crippen LogP contribution in [-0.4, -0.2) is 42.3 Å². The lowest BCUT2D eigenvalue weighted by molar-refractivity contribution is 0.225. The van der Waals surface area contributed by atoms with Crippen molar-refractivity contribution in [3.05, 3.63) is 11.8 Å². The molecule has 0 unspecified atom stereocenters. The van der Waals surface area contributed by atoms with Crippen LogP contribution in [0.4, 0.5) is 10.6 Å². The number of hydrogen-bond donors (Lipinski definition) is 1. The normalized spacial score (nSPS) is 11.4. The van der Waals surface area contributed by atoms with Crippen molar-refractivity contribution in [3.63, 3.8) is 0 Å². The first kappa shape index (κ1) is 12.5. The van der Waals surface area contributed by atoms with Crippen LogP contribution in [0.3, 0.4) is 0 Å². The summed E-state index contributed by atoms with van der Waals surface area (Å²) in [5.74, 6) is 0.642. The summed E-state index contributed by atoms with van der Waals surface area (Å²) in [6, 6.07) is 1.81. The number of H-pyrrole nitrogens is 1. The Morgan fingerprint density at radius 3 is 2.25 bits per heavy atom. The van der Waals surface area contributed by atoms with Gasteiger partial charge in [0.05, 0.1) is 0 Å². The second-order valence-electron chi connectivity index (χ2n) is 5.13. The van der Waals surface area contributed by atoms with E-state index in [1.54, 1.807) is 21.1 Å². The van der Waals surface area contributed by atoms with Crippen molar-refractivity contribution in [2.24, 2.45) is 0 Å². The molecule has 1 heterocycles. The van der Waals surface area contributed by atoms with E-state index in [2.05, 4.69) is 31.0 Å². The number of amides is 2. The molecule has 2 amide bonds. The third-order valence-corrected chi connectivity index (χ3v) is 2.39. The molecule has 0 atom stereocenters. The molecule has 0 fully saturated rings. The van der Waals surface area contributed by atoms with Crippen LogP contribution >= 0.6 is 0 Å². The Hall–Kier alpha value is -1.52. The quantitative estimate of drug-likeness (QED) is 0.791. The Balaban J connectivity index is 2.90. The standard InChI is InChI=1S/C11H20N4O/c1-11(2,3)8-7-9(13-12-8)15(6)10(16)14(4)5/h7H,1-6H3,(H,12,13). The molecule has 1 rings (SSSR count). The zero-order chi connectivity index (χ0) is 12.5. The number of rotatable bonds is 1. The highest BCUT2D eigenvalue weighted by molar-refractivity contribution is 5.90. The Labute approximate surface area is 96.4 Å². The first-order valence-corrected chi connectivity index (χ1v) is 5.24. The molecule has 5 nitrogen and oxygen atoms in total. The molecule has 0 bridgehead atoms. The summed E-state index contributed by atoms with van der Waals surface area (Å²) in [4.78, 5) is 14.7. The van der Waals surface area contributed by atoms with Gasteiger partial charge in [0.2, 0.25) is 0 Å². The van der Waals surface area contributed by atoms with Crippen LogP contribution < -0.4 is 4.90 Å². The molecular weight excluding hydrogens is 204 g/mol. The van der Waals surface area contributed by atoms with Gasteiger partial charge in [-0.15, -0.1) is 0 Å². The average molecular weight is 224 g/mol. The number of nitrogens with one attached hydrogen (secondary N) is 1. The van der Waals surface area contributed by atoms with E-state index in [1.807, 2.05) is 6.07 Å². The number of aromatic amines is 1. The molecule has 90 valence electrons. The van der Waals surface area contributed by atoms with Crippen molar-refractivity contribution in [1.29, 1.82) is 0 Å². The van der Waals surface area contributed by atoms with E-state index in [0.717, 1.165) is 5.69 Å². The summed E-state index contributed by atoms with van der Waals surface area (Å²) in [5.41, 5.74) is 1.02. The summed E-state index contributed by atoms with van der Waals surface area (Å²) in [7, 11) is 5.15. The third-order valence-electron chi connectivity index (χ3n) is 2.39. The number of urea groups is 1. The van der Waals surface area contributed by atoms with Crippen LogP contribution in [-0.2, 0) is 5.41 Å². The number of anilines is 1. The molecule has 0 saturated heterocycles. The first-order valence-electron chi connectivity index (χ1n) is 5.24. The van der Waals surface area contributed by atoms with Gasteiger partial charge in [0.15, 0.2) is 5.82 Å². The molecule has 1 aromatic rings. The zero-order valence-corrected chi connectivity index (χ0v) is 10.8. The minimum absolute atomic E-state index is 0.00720. The SMILES string of the molecule is CN(C)C(=O)N(C)c1cc(C(C)(C)C)[nH]n1. The maximum Gasteiger partial charge on any atom is 0.324 e. The van der Waals surface area contributed by atoms with E-state index in [4.69, 9.17) is 0 Å². The molecule has 0 saturated carbocycles. The molecule has 0 radical (unpaired) electrons. The molecule has 5 heteroatoms. The van der Waals surface area contributed by atoms with Gasteiger partial charge >= 0.3 is 6.03 Å². The Morgan fingerprint density at radius 1 is 1.31 bits per heavy atom. The van der Waals surface area contributed by atoms with Crippen LogP contribution in [0.25, 0.3) is 0 Å². The predicted octanol–water partition coefficient (Wildman–Crippen LogP) is 1.82. The number of nitrogens with zero attached hydrogens (tertiary/aromatic N) is 3. The highest BCUT2D eigenvalue weighted by Crippen LogP contribution is 2.23. The van der Waals surface area contributed by atoms with Crippen LogP contribution in [0.1, 0.15) is 26.5 Å². The molecule has 16 heavy (non-hydrogen) atoms. The number of aromatic nitrogens is 2. The Kier molecular flexibility index (Phi) is 3.26. The van der Waals surface area contributed by atoms with E-state index in [0.29, 0.717) is 5.82 Å². The summed E-state index contributed by atoms with van der Waals surface area (Å²) < 4.78 is 0. The lowest BCUT2D eigenvalue weighted by Gasteiger charge is -2.19. The highest BCUT2D eigenvalue weighted by atomic mass is 16.2. The number of hydrogen-bond acceptors (Lipinski definition) is 2. The van der Waals surface area contributed by atoms with Gasteiger partial charge in [0, 0.05) is 38.3 Å². The van der Waals surface area contributed by atoms with E-state index in [9.17, 15) is 4.79 Å². The summed E-state index contributed by atoms with van der Waals surface area (Å²) >= 11 is 0. The fourth-order valence-corrected chi connectivity index (χ4v) is 1.27. The maximum atomic E-state index is 11.7. The van der Waals surface area contributed by atoms with Gasteiger partial charge in [0.1, 0.15) is 0 Å². The van der Waals surface area contributed by atoms with Crippen LogP contribution in [0.15, 0.2) is 6.07 Å². The van der Waals surface area contributed by atoms with E-state index < -0.39 is 0 Å². The lowest BCUT2D eigenvalue weighted by Crippen LogP contribution is -2.36. The van der Waals surface area contributed by atoms with Gasteiger partial charge in [-0.1, -0.05) is 20.8 Å². The molecule has 1 aromatic heterocycles. The minimum Gasteiger partial charge on any atom is -0.330 e. The van der Waals surface area contributed by atoms with Crippen molar-refractivity contribution < 1.29 is 4.79 Å². The molecule has 0 aromatic carbocycles. The van der Waals surface area contributed by atoms with Crippen LogP contribution in [0, 0.1) is 0 Å². The number of carbonyl (C=O) groups excluding carboxylic acids is 1. The molecular formula is C11H20N4O. The van der Waals surface area contributed by atoms with E-state index in [1.165, 1.54) is 9.80 Å². The van der Waals surface area contributed by atoms with Crippen molar-refractivity contribution in [1.82, 2.24) is 15.1 Å². The summed E-state index contributed by atoms with van der Waals surface area (Å²) in [6.07, 6.45) is 0. The maximum absolute atomic E-state index is 11.7. The van der Waals surface area contributed by atoms with E-state index >= 15 is 0 Å². The highest BCUT2D eigenvalue weighted by Gasteiger charge is 2.20. The molecule has 0 aliphatic heterocycles. The van der Waals surface area contributed by atoms with Gasteiger partial charge in [-0.2, -0.15) is 5.10 Å². The predicted molar refractivity (Wildman–Crippen MR) is 64.8 cm³/mol. The smallest absolute Gasteiger partial charge is 0.324 e. The van der Waals surface area contributed by atoms with Crippen molar-refractivity contribution in [2.75, 3.05) is 26.0 Å². The van der Waals surface area contributed by atoms with Crippen LogP contribution in [0.5, 0.6) is 0 Å². The second-order valence-corrected chi connectivity index (χ2v) is 5.13. The van der Waals surface area contributed by atoms with Crippen molar-refractivity contribution in [3.8, 4) is 0 Å². The number of carbonyl (C=O) groups is 1. The van der Waals surface area contributed by atoms with Gasteiger partial charge in [-0.05, 0) is 0 Å². The fraction of sp³-hybridized carbons (Fsp3) is 0.636. The summed E-state index contributed by atoms with van der Waals surface area (Å²) in [6.45, 7) is 6.29. The third kappa shape index (κ3) is 2.53. The topological polar surface area (TPSA) is 52.2 Å². The molecule has 1 N–H and O–H groups in total. The monoisotopic (exact) mass is 224 g/mol. The first-order chi connectivity index (χ1) is 7.23. The van der Waals surface area contributed by atoms with Gasteiger partial charge in [0.25, 0.3) is 0 Å².